The van der Waals surface area contributed by atoms with Crippen LogP contribution in [0.1, 0.15) is 31.4 Å². The lowest BCUT2D eigenvalue weighted by Crippen LogP contribution is -2.40. The van der Waals surface area contributed by atoms with E-state index in [1.54, 1.807) is 0 Å². The summed E-state index contributed by atoms with van der Waals surface area (Å²) in [6.45, 7) is 1.85. The molecule has 0 spiro atoms. The molecule has 2 aromatic rings. The Morgan fingerprint density at radius 2 is 1.82 bits per heavy atom. The van der Waals surface area contributed by atoms with Crippen molar-refractivity contribution in [3.8, 4) is 0 Å². The average Bonchev–Trinajstić information content (AvgIpc) is 2.74. The Bertz CT molecular complexity index is 787. The molecule has 1 heterocycles. The molecule has 1 aromatic heterocycles. The number of hydrogen-bond donors (Lipinski definition) is 2. The van der Waals surface area contributed by atoms with Gasteiger partial charge in [0.05, 0.1) is 0 Å². The first-order valence-corrected chi connectivity index (χ1v) is 9.20. The number of nitrogens with zero attached hydrogens (tertiary/aromatic N) is 1. The lowest BCUT2D eigenvalue weighted by atomic mass is 9.93. The Morgan fingerprint density at radius 1 is 1.18 bits per heavy atom. The monoisotopic (exact) mass is 321 g/mol. The highest BCUT2D eigenvalue weighted by atomic mass is 32.2. The van der Waals surface area contributed by atoms with Crippen LogP contribution in [-0.4, -0.2) is 25.1 Å². The van der Waals surface area contributed by atoms with E-state index in [2.05, 4.69) is 4.72 Å². The molecular formula is C16H23N3O2S. The third-order valence-electron chi connectivity index (χ3n) is 4.70. The Kier molecular flexibility index (Phi) is 4.01. The van der Waals surface area contributed by atoms with Crippen LogP contribution in [0.5, 0.6) is 0 Å². The molecule has 1 fully saturated rings. The van der Waals surface area contributed by atoms with Gasteiger partial charge in [-0.05, 0) is 38.7 Å². The first-order valence-electron chi connectivity index (χ1n) is 7.72. The van der Waals surface area contributed by atoms with Gasteiger partial charge in [-0.2, -0.15) is 0 Å². The lowest BCUT2D eigenvalue weighted by molar-refractivity contribution is 0.373. The fourth-order valence-electron chi connectivity index (χ4n) is 3.34. The normalized spacial score (nSPS) is 23.0. The van der Waals surface area contributed by atoms with Gasteiger partial charge in [-0.1, -0.05) is 18.2 Å². The van der Waals surface area contributed by atoms with Crippen LogP contribution >= 0.6 is 0 Å². The Hall–Kier alpha value is -1.37. The molecule has 6 heteroatoms. The molecule has 1 saturated carbocycles. The van der Waals surface area contributed by atoms with E-state index in [-0.39, 0.29) is 12.1 Å². The van der Waals surface area contributed by atoms with Crippen molar-refractivity contribution in [2.45, 2.75) is 49.6 Å². The summed E-state index contributed by atoms with van der Waals surface area (Å²) >= 11 is 0. The Morgan fingerprint density at radius 3 is 2.50 bits per heavy atom. The standard InChI is InChI=1S/C16H23N3O2S/c1-11-16(14-5-3-4-6-15(14)19(11)2)22(20,21)18-13-9-7-12(17)8-10-13/h3-6,12-13,18H,7-10,17H2,1-2H3. The highest BCUT2D eigenvalue weighted by Crippen LogP contribution is 2.29. The van der Waals surface area contributed by atoms with Crippen molar-refractivity contribution >= 4 is 20.9 Å². The van der Waals surface area contributed by atoms with Crippen molar-refractivity contribution in [3.05, 3.63) is 30.0 Å². The fourth-order valence-corrected chi connectivity index (χ4v) is 5.12. The largest absolute Gasteiger partial charge is 0.347 e. The Labute approximate surface area is 131 Å². The van der Waals surface area contributed by atoms with Gasteiger partial charge < -0.3 is 10.3 Å². The minimum atomic E-state index is -3.53. The van der Waals surface area contributed by atoms with Gasteiger partial charge in [0.1, 0.15) is 4.90 Å². The summed E-state index contributed by atoms with van der Waals surface area (Å²) < 4.78 is 30.6. The summed E-state index contributed by atoms with van der Waals surface area (Å²) in [5.41, 5.74) is 7.59. The number of benzene rings is 1. The Balaban J connectivity index is 1.97. The highest BCUT2D eigenvalue weighted by molar-refractivity contribution is 7.89. The van der Waals surface area contributed by atoms with Crippen LogP contribution in [-0.2, 0) is 17.1 Å². The summed E-state index contributed by atoms with van der Waals surface area (Å²) in [4.78, 5) is 0.403. The van der Waals surface area contributed by atoms with Gasteiger partial charge in [-0.25, -0.2) is 13.1 Å². The van der Waals surface area contributed by atoms with Crippen LogP contribution in [0.3, 0.4) is 0 Å². The molecular weight excluding hydrogens is 298 g/mol. The molecule has 120 valence electrons. The van der Waals surface area contributed by atoms with Gasteiger partial charge in [0.25, 0.3) is 0 Å². The second-order valence-corrected chi connectivity index (χ2v) is 7.87. The zero-order chi connectivity index (χ0) is 15.9. The van der Waals surface area contributed by atoms with E-state index >= 15 is 0 Å². The quantitative estimate of drug-likeness (QED) is 0.908. The molecule has 5 nitrogen and oxygen atoms in total. The maximum Gasteiger partial charge on any atom is 0.243 e. The van der Waals surface area contributed by atoms with Crippen LogP contribution in [0, 0.1) is 6.92 Å². The van der Waals surface area contributed by atoms with Gasteiger partial charge in [0, 0.05) is 35.7 Å². The topological polar surface area (TPSA) is 77.1 Å². The lowest BCUT2D eigenvalue weighted by Gasteiger charge is -2.26. The average molecular weight is 321 g/mol. The molecule has 0 atom stereocenters. The van der Waals surface area contributed by atoms with Crippen LogP contribution < -0.4 is 10.5 Å². The van der Waals surface area contributed by atoms with E-state index in [1.807, 2.05) is 42.8 Å². The molecule has 0 bridgehead atoms. The molecule has 0 radical (unpaired) electrons. The molecule has 3 N–H and O–H groups in total. The summed E-state index contributed by atoms with van der Waals surface area (Å²) in [7, 11) is -1.63. The first-order chi connectivity index (χ1) is 10.4. The fraction of sp³-hybridized carbons (Fsp3) is 0.500. The van der Waals surface area contributed by atoms with E-state index in [0.29, 0.717) is 4.90 Å². The number of fused-ring (bicyclic) bond motifs is 1. The predicted molar refractivity (Wildman–Crippen MR) is 88.2 cm³/mol. The second kappa shape index (κ2) is 5.68. The number of nitrogens with one attached hydrogen (secondary N) is 1. The maximum atomic E-state index is 12.9. The van der Waals surface area contributed by atoms with Gasteiger partial charge in [0.15, 0.2) is 0 Å². The summed E-state index contributed by atoms with van der Waals surface area (Å²) in [6, 6.07) is 7.81. The van der Waals surface area contributed by atoms with Crippen molar-refractivity contribution in [3.63, 3.8) is 0 Å². The predicted octanol–water partition coefficient (Wildman–Crippen LogP) is 2.03. The van der Waals surface area contributed by atoms with Gasteiger partial charge in [-0.3, -0.25) is 0 Å². The zero-order valence-electron chi connectivity index (χ0n) is 13.0. The van der Waals surface area contributed by atoms with E-state index in [1.165, 1.54) is 0 Å². The minimum absolute atomic E-state index is 0.0110. The molecule has 3 rings (SSSR count). The minimum Gasteiger partial charge on any atom is -0.347 e. The zero-order valence-corrected chi connectivity index (χ0v) is 13.9. The molecule has 0 amide bonds. The number of rotatable bonds is 3. The van der Waals surface area contributed by atoms with Crippen molar-refractivity contribution < 1.29 is 8.42 Å². The van der Waals surface area contributed by atoms with Crippen LogP contribution in [0.15, 0.2) is 29.2 Å². The SMILES string of the molecule is Cc1c(S(=O)(=O)NC2CCC(N)CC2)c2ccccc2n1C. The molecule has 0 saturated heterocycles. The number of hydrogen-bond acceptors (Lipinski definition) is 3. The molecule has 1 aliphatic rings. The van der Waals surface area contributed by atoms with E-state index in [4.69, 9.17) is 5.73 Å². The van der Waals surface area contributed by atoms with Crippen molar-refractivity contribution in [2.24, 2.45) is 12.8 Å². The van der Waals surface area contributed by atoms with E-state index < -0.39 is 10.0 Å². The number of para-hydroxylation sites is 1. The summed E-state index contributed by atoms with van der Waals surface area (Å²) in [5.74, 6) is 0. The smallest absolute Gasteiger partial charge is 0.243 e. The summed E-state index contributed by atoms with van der Waals surface area (Å²) in [6.07, 6.45) is 3.37. The van der Waals surface area contributed by atoms with E-state index in [9.17, 15) is 8.42 Å². The number of aryl methyl sites for hydroxylation is 1. The molecule has 0 unspecified atom stereocenters. The number of sulfonamides is 1. The molecule has 1 aliphatic carbocycles. The molecule has 1 aromatic carbocycles. The first kappa shape index (κ1) is 15.5. The van der Waals surface area contributed by atoms with Crippen molar-refractivity contribution in [2.75, 3.05) is 0 Å². The highest BCUT2D eigenvalue weighted by Gasteiger charge is 2.28. The van der Waals surface area contributed by atoms with Gasteiger partial charge >= 0.3 is 0 Å². The van der Waals surface area contributed by atoms with Crippen LogP contribution in [0.2, 0.25) is 0 Å². The second-order valence-electron chi connectivity index (χ2n) is 6.22. The molecule has 22 heavy (non-hydrogen) atoms. The maximum absolute atomic E-state index is 12.9. The third-order valence-corrected chi connectivity index (χ3v) is 6.40. The van der Waals surface area contributed by atoms with Crippen molar-refractivity contribution in [1.82, 2.24) is 9.29 Å². The van der Waals surface area contributed by atoms with Crippen LogP contribution in [0.4, 0.5) is 0 Å². The van der Waals surface area contributed by atoms with Crippen LogP contribution in [0.25, 0.3) is 10.9 Å². The number of nitrogens with two attached hydrogens (primary N) is 1. The van der Waals surface area contributed by atoms with Crippen molar-refractivity contribution in [1.29, 1.82) is 0 Å². The summed E-state index contributed by atoms with van der Waals surface area (Å²) in [5, 5.41) is 0.780. The van der Waals surface area contributed by atoms with Gasteiger partial charge in [0.2, 0.25) is 10.0 Å². The molecule has 0 aliphatic heterocycles. The van der Waals surface area contributed by atoms with E-state index in [0.717, 1.165) is 42.3 Å². The third kappa shape index (κ3) is 2.66. The number of aromatic nitrogens is 1. The van der Waals surface area contributed by atoms with Gasteiger partial charge in [-0.15, -0.1) is 0 Å².